The van der Waals surface area contributed by atoms with Gasteiger partial charge in [0.1, 0.15) is 0 Å². The van der Waals surface area contributed by atoms with Crippen LogP contribution in [0.1, 0.15) is 367 Å². The molecule has 400 valence electrons. The van der Waals surface area contributed by atoms with Crippen LogP contribution in [0.25, 0.3) is 0 Å². The molecule has 4 nitrogen and oxygen atoms in total. The first-order valence-electron chi connectivity index (χ1n) is 31.4. The third-order valence-corrected chi connectivity index (χ3v) is 15.0. The second kappa shape index (κ2) is 59.4. The molecule has 2 unspecified atom stereocenters. The van der Waals surface area contributed by atoms with E-state index in [0.29, 0.717) is 6.42 Å². The first-order chi connectivity index (χ1) is 33.2. The molecule has 0 radical (unpaired) electrons. The minimum Gasteiger partial charge on any atom is -0.394 e. The topological polar surface area (TPSA) is 69.6 Å². The quantitative estimate of drug-likeness (QED) is 0.0420. The van der Waals surface area contributed by atoms with Crippen molar-refractivity contribution in [2.45, 2.75) is 379 Å². The molecule has 0 aromatic heterocycles. The number of carbonyl (C=O) groups is 1. The molecule has 0 spiro atoms. The van der Waals surface area contributed by atoms with Gasteiger partial charge in [0, 0.05) is 6.42 Å². The lowest BCUT2D eigenvalue weighted by atomic mass is 10.0. The van der Waals surface area contributed by atoms with Gasteiger partial charge >= 0.3 is 0 Å². The number of aliphatic hydroxyl groups is 2. The highest BCUT2D eigenvalue weighted by molar-refractivity contribution is 5.76. The van der Waals surface area contributed by atoms with Crippen molar-refractivity contribution in [3.05, 3.63) is 12.2 Å². The van der Waals surface area contributed by atoms with Crippen molar-refractivity contribution in [2.24, 2.45) is 0 Å². The maximum absolute atomic E-state index is 12.5. The number of hydrogen-bond donors (Lipinski definition) is 3. The number of rotatable bonds is 59. The van der Waals surface area contributed by atoms with E-state index < -0.39 is 12.1 Å². The summed E-state index contributed by atoms with van der Waals surface area (Å²) in [4.78, 5) is 12.5. The van der Waals surface area contributed by atoms with Gasteiger partial charge in [0.15, 0.2) is 0 Å². The van der Waals surface area contributed by atoms with E-state index in [9.17, 15) is 15.0 Å². The molecule has 0 saturated carbocycles. The summed E-state index contributed by atoms with van der Waals surface area (Å²) in [5.41, 5.74) is 0. The molecule has 67 heavy (non-hydrogen) atoms. The fourth-order valence-corrected chi connectivity index (χ4v) is 10.2. The van der Waals surface area contributed by atoms with E-state index in [-0.39, 0.29) is 12.5 Å². The van der Waals surface area contributed by atoms with Crippen LogP contribution >= 0.6 is 0 Å². The molecule has 0 bridgehead atoms. The average Bonchev–Trinajstić information content (AvgIpc) is 3.33. The van der Waals surface area contributed by atoms with Crippen LogP contribution in [0, 0.1) is 0 Å². The molecule has 0 rings (SSSR count). The molecule has 0 fully saturated rings. The summed E-state index contributed by atoms with van der Waals surface area (Å²) >= 11 is 0. The van der Waals surface area contributed by atoms with Crippen LogP contribution in [0.5, 0.6) is 0 Å². The normalized spacial score (nSPS) is 12.7. The monoisotopic (exact) mass is 944 g/mol. The Morgan fingerprint density at radius 1 is 0.343 bits per heavy atom. The number of amides is 1. The van der Waals surface area contributed by atoms with E-state index in [1.54, 1.807) is 6.08 Å². The maximum atomic E-state index is 12.5. The molecule has 4 heteroatoms. The van der Waals surface area contributed by atoms with Crippen molar-refractivity contribution in [1.82, 2.24) is 5.32 Å². The van der Waals surface area contributed by atoms with E-state index in [0.717, 1.165) is 25.7 Å². The van der Waals surface area contributed by atoms with E-state index in [2.05, 4.69) is 19.2 Å². The lowest BCUT2D eigenvalue weighted by Gasteiger charge is -2.20. The Labute approximate surface area is 422 Å². The Balaban J connectivity index is 3.40. The zero-order valence-corrected chi connectivity index (χ0v) is 46.2. The number of carbonyl (C=O) groups excluding carboxylic acids is 1. The van der Waals surface area contributed by atoms with Crippen molar-refractivity contribution in [2.75, 3.05) is 6.61 Å². The Bertz CT molecular complexity index is 936. The van der Waals surface area contributed by atoms with E-state index in [1.807, 2.05) is 6.08 Å². The second-order valence-electron chi connectivity index (χ2n) is 21.8. The summed E-state index contributed by atoms with van der Waals surface area (Å²) in [7, 11) is 0. The fourth-order valence-electron chi connectivity index (χ4n) is 10.2. The van der Waals surface area contributed by atoms with Gasteiger partial charge < -0.3 is 15.5 Å². The Morgan fingerprint density at radius 2 is 0.552 bits per heavy atom. The molecule has 1 amide bonds. The molecule has 2 atom stereocenters. The standard InChI is InChI=1S/C63H125NO3/c1-3-5-7-9-11-13-15-17-19-21-23-25-27-28-29-30-31-32-33-34-35-37-39-41-43-45-47-49-51-53-55-57-59-63(67)64-61(60-65)62(66)58-56-54-52-50-48-46-44-42-40-38-36-26-24-22-20-18-16-14-12-10-8-6-4-2/h56,58,61-62,65-66H,3-55,57,59-60H2,1-2H3,(H,64,67)/b58-56+. The molecule has 0 aliphatic rings. The predicted octanol–water partition coefficient (Wildman–Crippen LogP) is 20.9. The molecule has 0 aliphatic heterocycles. The largest absolute Gasteiger partial charge is 0.394 e. The van der Waals surface area contributed by atoms with Gasteiger partial charge in [-0.3, -0.25) is 4.79 Å². The smallest absolute Gasteiger partial charge is 0.220 e. The highest BCUT2D eigenvalue weighted by Gasteiger charge is 2.18. The van der Waals surface area contributed by atoms with Crippen molar-refractivity contribution in [1.29, 1.82) is 0 Å². The maximum Gasteiger partial charge on any atom is 0.220 e. The van der Waals surface area contributed by atoms with Gasteiger partial charge in [-0.05, 0) is 19.3 Å². The third kappa shape index (κ3) is 55.9. The second-order valence-corrected chi connectivity index (χ2v) is 21.8. The summed E-state index contributed by atoms with van der Waals surface area (Å²) in [6.07, 6.45) is 78.4. The van der Waals surface area contributed by atoms with Crippen LogP contribution in [-0.2, 0) is 4.79 Å². The van der Waals surface area contributed by atoms with Crippen LogP contribution in [0.15, 0.2) is 12.2 Å². The van der Waals surface area contributed by atoms with E-state index >= 15 is 0 Å². The zero-order valence-electron chi connectivity index (χ0n) is 46.2. The SMILES string of the molecule is CCCCCCCCCCCCCCCCCCCCCCC/C=C/C(O)C(CO)NC(=O)CCCCCCCCCCCCCCCCCCCCCCCCCCCCCCCCCC. The minimum atomic E-state index is -0.836. The number of aliphatic hydroxyl groups excluding tert-OH is 2. The first kappa shape index (κ1) is 66.1. The summed E-state index contributed by atoms with van der Waals surface area (Å²) in [6.45, 7) is 4.36. The number of allylic oxidation sites excluding steroid dienone is 1. The van der Waals surface area contributed by atoms with Crippen molar-refractivity contribution < 1.29 is 15.0 Å². The van der Waals surface area contributed by atoms with Gasteiger partial charge in [-0.25, -0.2) is 0 Å². The molecule has 0 aromatic rings. The van der Waals surface area contributed by atoms with Crippen molar-refractivity contribution in [3.63, 3.8) is 0 Å². The van der Waals surface area contributed by atoms with Gasteiger partial charge in [-0.2, -0.15) is 0 Å². The van der Waals surface area contributed by atoms with Crippen LogP contribution in [0.4, 0.5) is 0 Å². The van der Waals surface area contributed by atoms with Crippen LogP contribution in [0.3, 0.4) is 0 Å². The van der Waals surface area contributed by atoms with E-state index in [4.69, 9.17) is 0 Å². The fraction of sp³-hybridized carbons (Fsp3) is 0.952. The molecular formula is C63H125NO3. The van der Waals surface area contributed by atoms with Gasteiger partial charge in [0.2, 0.25) is 5.91 Å². The van der Waals surface area contributed by atoms with Crippen molar-refractivity contribution in [3.8, 4) is 0 Å². The van der Waals surface area contributed by atoms with Crippen molar-refractivity contribution >= 4 is 5.91 Å². The lowest BCUT2D eigenvalue weighted by molar-refractivity contribution is -0.123. The minimum absolute atomic E-state index is 0.0542. The number of nitrogens with one attached hydrogen (secondary N) is 1. The molecule has 0 aliphatic carbocycles. The lowest BCUT2D eigenvalue weighted by Crippen LogP contribution is -2.45. The van der Waals surface area contributed by atoms with Gasteiger partial charge in [-0.1, -0.05) is 353 Å². The Morgan fingerprint density at radius 3 is 0.776 bits per heavy atom. The Hall–Kier alpha value is -0.870. The van der Waals surface area contributed by atoms with Crippen LogP contribution in [-0.4, -0.2) is 34.9 Å². The molecule has 3 N–H and O–H groups in total. The number of hydrogen-bond acceptors (Lipinski definition) is 3. The number of unbranched alkanes of at least 4 members (excludes halogenated alkanes) is 52. The highest BCUT2D eigenvalue weighted by Crippen LogP contribution is 2.19. The molecule has 0 aromatic carbocycles. The summed E-state index contributed by atoms with van der Waals surface area (Å²) < 4.78 is 0. The summed E-state index contributed by atoms with van der Waals surface area (Å²) in [5, 5.41) is 23.2. The Kier molecular flexibility index (Phi) is 58.7. The third-order valence-electron chi connectivity index (χ3n) is 15.0. The van der Waals surface area contributed by atoms with E-state index in [1.165, 1.54) is 321 Å². The zero-order chi connectivity index (χ0) is 48.5. The highest BCUT2D eigenvalue weighted by atomic mass is 16.3. The summed E-state index contributed by atoms with van der Waals surface area (Å²) in [6, 6.07) is -0.619. The van der Waals surface area contributed by atoms with Crippen LogP contribution < -0.4 is 5.32 Å². The average molecular weight is 945 g/mol. The molecule has 0 saturated heterocycles. The van der Waals surface area contributed by atoms with Gasteiger partial charge in [0.25, 0.3) is 0 Å². The van der Waals surface area contributed by atoms with Gasteiger partial charge in [-0.15, -0.1) is 0 Å². The molecule has 0 heterocycles. The van der Waals surface area contributed by atoms with Crippen LogP contribution in [0.2, 0.25) is 0 Å². The first-order valence-corrected chi connectivity index (χ1v) is 31.4. The predicted molar refractivity (Wildman–Crippen MR) is 299 cm³/mol. The van der Waals surface area contributed by atoms with Gasteiger partial charge in [0.05, 0.1) is 18.8 Å². The molecular weight excluding hydrogens is 819 g/mol. The summed E-state index contributed by atoms with van der Waals surface area (Å²) in [5.74, 6) is -0.0542.